The van der Waals surface area contributed by atoms with Crippen LogP contribution in [0.15, 0.2) is 53.4 Å². The van der Waals surface area contributed by atoms with Gasteiger partial charge in [0.1, 0.15) is 0 Å². The van der Waals surface area contributed by atoms with Gasteiger partial charge in [-0.15, -0.1) is 0 Å². The monoisotopic (exact) mass is 429 g/mol. The predicted octanol–water partition coefficient (Wildman–Crippen LogP) is 1.89. The average molecular weight is 430 g/mol. The number of hydrogen-bond donors (Lipinski definition) is 1. The number of morpholine rings is 1. The molecule has 7 nitrogen and oxygen atoms in total. The van der Waals surface area contributed by atoms with E-state index in [9.17, 15) is 13.2 Å². The molecule has 30 heavy (non-hydrogen) atoms. The number of carbonyl (C=O) groups is 1. The lowest BCUT2D eigenvalue weighted by Crippen LogP contribution is -2.41. The lowest BCUT2D eigenvalue weighted by Gasteiger charge is -2.26. The van der Waals surface area contributed by atoms with Gasteiger partial charge in [0.05, 0.1) is 23.8 Å². The molecule has 8 heteroatoms. The number of ether oxygens (including phenoxy) is 1. The highest BCUT2D eigenvalue weighted by molar-refractivity contribution is 7.92. The van der Waals surface area contributed by atoms with Gasteiger partial charge < -0.3 is 10.1 Å². The molecule has 2 aromatic carbocycles. The summed E-state index contributed by atoms with van der Waals surface area (Å²) in [6, 6.07) is 13.5. The van der Waals surface area contributed by atoms with Crippen LogP contribution in [0.4, 0.5) is 5.69 Å². The van der Waals surface area contributed by atoms with E-state index in [1.807, 2.05) is 13.0 Å². The number of nitrogens with one attached hydrogen (secondary N) is 1. The van der Waals surface area contributed by atoms with E-state index in [1.165, 1.54) is 4.31 Å². The second kappa shape index (κ2) is 8.75. The lowest BCUT2D eigenvalue weighted by atomic mass is 10.1. The molecule has 0 unspecified atom stereocenters. The zero-order valence-electron chi connectivity index (χ0n) is 17.1. The largest absolute Gasteiger partial charge is 0.379 e. The van der Waals surface area contributed by atoms with Crippen LogP contribution in [0, 0.1) is 0 Å². The Balaban J connectivity index is 1.46. The van der Waals surface area contributed by atoms with Crippen molar-refractivity contribution in [3.8, 4) is 0 Å². The van der Waals surface area contributed by atoms with Gasteiger partial charge in [0.15, 0.2) is 0 Å². The topological polar surface area (TPSA) is 79.0 Å². The highest BCUT2D eigenvalue weighted by Gasteiger charge is 2.36. The molecule has 160 valence electrons. The summed E-state index contributed by atoms with van der Waals surface area (Å²) in [7, 11) is -3.64. The van der Waals surface area contributed by atoms with E-state index < -0.39 is 10.0 Å². The SMILES string of the molecule is C[C@H]1Cc2cc(C(=O)NCCN3CCOCC3)ccc2N1S(=O)(=O)c1ccccc1. The van der Waals surface area contributed by atoms with Crippen LogP contribution >= 0.6 is 0 Å². The summed E-state index contributed by atoms with van der Waals surface area (Å²) in [5, 5.41) is 2.96. The van der Waals surface area contributed by atoms with Crippen molar-refractivity contribution >= 4 is 21.6 Å². The van der Waals surface area contributed by atoms with Gasteiger partial charge in [0, 0.05) is 37.8 Å². The molecule has 2 heterocycles. The first-order chi connectivity index (χ1) is 14.5. The first-order valence-electron chi connectivity index (χ1n) is 10.3. The van der Waals surface area contributed by atoms with Crippen molar-refractivity contribution in [3.05, 3.63) is 59.7 Å². The maximum Gasteiger partial charge on any atom is 0.264 e. The highest BCUT2D eigenvalue weighted by atomic mass is 32.2. The molecule has 1 atom stereocenters. The molecular formula is C22H27N3O4S. The van der Waals surface area contributed by atoms with E-state index in [2.05, 4.69) is 10.2 Å². The minimum Gasteiger partial charge on any atom is -0.379 e. The Morgan fingerprint density at radius 2 is 1.87 bits per heavy atom. The minimum absolute atomic E-state index is 0.136. The molecule has 4 rings (SSSR count). The van der Waals surface area contributed by atoms with Gasteiger partial charge >= 0.3 is 0 Å². The summed E-state index contributed by atoms with van der Waals surface area (Å²) in [5.74, 6) is -0.136. The number of sulfonamides is 1. The van der Waals surface area contributed by atoms with E-state index in [0.717, 1.165) is 38.4 Å². The molecule has 1 saturated heterocycles. The standard InChI is InChI=1S/C22H27N3O4S/c1-17-15-19-16-18(22(26)23-9-10-24-11-13-29-14-12-24)7-8-21(19)25(17)30(27,28)20-5-3-2-4-6-20/h2-8,16-17H,9-15H2,1H3,(H,23,26)/t17-/m0/s1. The first-order valence-corrected chi connectivity index (χ1v) is 11.7. The summed E-state index contributed by atoms with van der Waals surface area (Å²) in [5.41, 5.74) is 2.08. The van der Waals surface area contributed by atoms with Crippen molar-refractivity contribution in [2.24, 2.45) is 0 Å². The van der Waals surface area contributed by atoms with Gasteiger partial charge in [-0.1, -0.05) is 18.2 Å². The smallest absolute Gasteiger partial charge is 0.264 e. The molecule has 1 N–H and O–H groups in total. The van der Waals surface area contributed by atoms with Gasteiger partial charge in [0.2, 0.25) is 0 Å². The van der Waals surface area contributed by atoms with Crippen LogP contribution < -0.4 is 9.62 Å². The summed E-state index contributed by atoms with van der Waals surface area (Å²) in [6.45, 7) is 6.50. The summed E-state index contributed by atoms with van der Waals surface area (Å²) < 4.78 is 33.1. The number of benzene rings is 2. The number of rotatable bonds is 6. The van der Waals surface area contributed by atoms with E-state index in [1.54, 1.807) is 42.5 Å². The van der Waals surface area contributed by atoms with Crippen LogP contribution in [-0.2, 0) is 21.2 Å². The Kier molecular flexibility index (Phi) is 6.08. The zero-order chi connectivity index (χ0) is 21.1. The maximum absolute atomic E-state index is 13.2. The van der Waals surface area contributed by atoms with Crippen LogP contribution in [0.25, 0.3) is 0 Å². The van der Waals surface area contributed by atoms with E-state index >= 15 is 0 Å². The predicted molar refractivity (Wildman–Crippen MR) is 115 cm³/mol. The van der Waals surface area contributed by atoms with Crippen molar-refractivity contribution in [2.45, 2.75) is 24.3 Å². The summed E-state index contributed by atoms with van der Waals surface area (Å²) in [6.07, 6.45) is 0.580. The fourth-order valence-corrected chi connectivity index (χ4v) is 5.78. The maximum atomic E-state index is 13.2. The van der Waals surface area contributed by atoms with E-state index in [0.29, 0.717) is 24.2 Å². The fourth-order valence-electron chi connectivity index (χ4n) is 4.07. The van der Waals surface area contributed by atoms with E-state index in [4.69, 9.17) is 4.74 Å². The van der Waals surface area contributed by atoms with Crippen LogP contribution in [0.2, 0.25) is 0 Å². The van der Waals surface area contributed by atoms with Gasteiger partial charge in [-0.2, -0.15) is 0 Å². The van der Waals surface area contributed by atoms with Crippen LogP contribution in [-0.4, -0.2) is 64.7 Å². The van der Waals surface area contributed by atoms with Crippen molar-refractivity contribution in [2.75, 3.05) is 43.7 Å². The Hall–Kier alpha value is -2.42. The minimum atomic E-state index is -3.64. The van der Waals surface area contributed by atoms with Crippen molar-refractivity contribution in [3.63, 3.8) is 0 Å². The quantitative estimate of drug-likeness (QED) is 0.759. The Labute approximate surface area is 177 Å². The molecular weight excluding hydrogens is 402 g/mol. The highest BCUT2D eigenvalue weighted by Crippen LogP contribution is 2.37. The molecule has 0 saturated carbocycles. The number of fused-ring (bicyclic) bond motifs is 1. The molecule has 2 aromatic rings. The average Bonchev–Trinajstić information content (AvgIpc) is 3.10. The molecule has 0 spiro atoms. The van der Waals surface area contributed by atoms with Gasteiger partial charge in [-0.05, 0) is 49.2 Å². The normalized spacial score (nSPS) is 19.5. The van der Waals surface area contributed by atoms with Crippen LogP contribution in [0.3, 0.4) is 0 Å². The van der Waals surface area contributed by atoms with Gasteiger partial charge in [0.25, 0.3) is 15.9 Å². The fraction of sp³-hybridized carbons (Fsp3) is 0.409. The third-order valence-corrected chi connectivity index (χ3v) is 7.55. The second-order valence-corrected chi connectivity index (χ2v) is 9.54. The Morgan fingerprint density at radius 3 is 2.60 bits per heavy atom. The number of nitrogens with zero attached hydrogens (tertiary/aromatic N) is 2. The number of anilines is 1. The molecule has 0 aliphatic carbocycles. The number of carbonyl (C=O) groups excluding carboxylic acids is 1. The lowest BCUT2D eigenvalue weighted by molar-refractivity contribution is 0.0383. The first kappa shape index (κ1) is 20.8. The molecule has 1 fully saturated rings. The molecule has 0 bridgehead atoms. The molecule has 2 aliphatic rings. The molecule has 0 aromatic heterocycles. The van der Waals surface area contributed by atoms with Crippen LogP contribution in [0.1, 0.15) is 22.8 Å². The Morgan fingerprint density at radius 1 is 1.13 bits per heavy atom. The van der Waals surface area contributed by atoms with Crippen molar-refractivity contribution in [1.29, 1.82) is 0 Å². The number of amides is 1. The third kappa shape index (κ3) is 4.21. The Bertz CT molecular complexity index is 1000. The summed E-state index contributed by atoms with van der Waals surface area (Å²) >= 11 is 0. The molecule has 2 aliphatic heterocycles. The van der Waals surface area contributed by atoms with Gasteiger partial charge in [-0.3, -0.25) is 14.0 Å². The zero-order valence-corrected chi connectivity index (χ0v) is 17.9. The van der Waals surface area contributed by atoms with Crippen molar-refractivity contribution < 1.29 is 17.9 Å². The van der Waals surface area contributed by atoms with Gasteiger partial charge in [-0.25, -0.2) is 8.42 Å². The third-order valence-electron chi connectivity index (χ3n) is 5.61. The van der Waals surface area contributed by atoms with E-state index in [-0.39, 0.29) is 16.8 Å². The van der Waals surface area contributed by atoms with Crippen molar-refractivity contribution in [1.82, 2.24) is 10.2 Å². The molecule has 1 amide bonds. The van der Waals surface area contributed by atoms with Crippen LogP contribution in [0.5, 0.6) is 0 Å². The number of hydrogen-bond acceptors (Lipinski definition) is 5. The second-order valence-electron chi connectivity index (χ2n) is 7.72. The summed E-state index contributed by atoms with van der Waals surface area (Å²) in [4.78, 5) is 15.1. The molecule has 0 radical (unpaired) electrons.